The lowest BCUT2D eigenvalue weighted by molar-refractivity contribution is -0.119. The van der Waals surface area contributed by atoms with Crippen molar-refractivity contribution in [2.45, 2.75) is 25.8 Å². The highest BCUT2D eigenvalue weighted by Crippen LogP contribution is 2.22. The highest BCUT2D eigenvalue weighted by Gasteiger charge is 2.25. The van der Waals surface area contributed by atoms with E-state index in [1.54, 1.807) is 6.07 Å². The molecule has 1 atom stereocenters. The van der Waals surface area contributed by atoms with Gasteiger partial charge in [0, 0.05) is 25.1 Å². The van der Waals surface area contributed by atoms with Crippen molar-refractivity contribution in [1.29, 1.82) is 0 Å². The molecule has 3 N–H and O–H groups in total. The van der Waals surface area contributed by atoms with E-state index < -0.39 is 5.97 Å². The molecule has 80 valence electrons. The summed E-state index contributed by atoms with van der Waals surface area (Å²) >= 11 is 0. The van der Waals surface area contributed by atoms with Crippen LogP contribution in [0.4, 0.5) is 0 Å². The summed E-state index contributed by atoms with van der Waals surface area (Å²) in [5.41, 5.74) is 2.14. The van der Waals surface area contributed by atoms with E-state index in [-0.39, 0.29) is 17.6 Å². The average molecular weight is 208 g/mol. The van der Waals surface area contributed by atoms with Crippen LogP contribution in [0.5, 0.6) is 0 Å². The Bertz CT molecular complexity index is 399. The van der Waals surface area contributed by atoms with Gasteiger partial charge >= 0.3 is 5.97 Å². The first-order valence-corrected chi connectivity index (χ1v) is 4.77. The van der Waals surface area contributed by atoms with Crippen molar-refractivity contribution in [1.82, 2.24) is 10.3 Å². The summed E-state index contributed by atoms with van der Waals surface area (Å²) in [5.74, 6) is -0.996. The van der Waals surface area contributed by atoms with Gasteiger partial charge in [0.05, 0.1) is 0 Å². The van der Waals surface area contributed by atoms with Crippen LogP contribution in [-0.4, -0.2) is 28.0 Å². The van der Waals surface area contributed by atoms with Gasteiger partial charge in [0.15, 0.2) is 0 Å². The fourth-order valence-electron chi connectivity index (χ4n) is 1.99. The fourth-order valence-corrected chi connectivity index (χ4v) is 1.99. The Labute approximate surface area is 86.5 Å². The molecule has 1 aromatic rings. The third kappa shape index (κ3) is 1.86. The molecule has 1 amide bonds. The van der Waals surface area contributed by atoms with E-state index in [9.17, 15) is 9.59 Å². The number of nitrogens with one attached hydrogen (secondary N) is 2. The van der Waals surface area contributed by atoms with Gasteiger partial charge in [-0.3, -0.25) is 4.79 Å². The third-order valence-corrected chi connectivity index (χ3v) is 2.55. The van der Waals surface area contributed by atoms with Crippen molar-refractivity contribution >= 4 is 11.9 Å². The summed E-state index contributed by atoms with van der Waals surface area (Å²) in [6.45, 7) is 1.48. The molecule has 0 bridgehead atoms. The first-order chi connectivity index (χ1) is 7.06. The van der Waals surface area contributed by atoms with Gasteiger partial charge in [-0.25, -0.2) is 4.79 Å². The van der Waals surface area contributed by atoms with Crippen LogP contribution in [0.15, 0.2) is 6.07 Å². The van der Waals surface area contributed by atoms with E-state index in [4.69, 9.17) is 5.11 Å². The Morgan fingerprint density at radius 2 is 2.27 bits per heavy atom. The number of carboxylic acids is 1. The second kappa shape index (κ2) is 3.42. The van der Waals surface area contributed by atoms with Crippen LogP contribution in [0.3, 0.4) is 0 Å². The van der Waals surface area contributed by atoms with Crippen LogP contribution in [0.2, 0.25) is 0 Å². The molecule has 0 aromatic carbocycles. The van der Waals surface area contributed by atoms with Crippen molar-refractivity contribution in [2.24, 2.45) is 0 Å². The summed E-state index contributed by atoms with van der Waals surface area (Å²) < 4.78 is 0. The van der Waals surface area contributed by atoms with E-state index in [0.29, 0.717) is 12.8 Å². The van der Waals surface area contributed by atoms with Crippen molar-refractivity contribution < 1.29 is 14.7 Å². The normalized spacial score (nSPS) is 18.6. The molecule has 0 aliphatic heterocycles. The van der Waals surface area contributed by atoms with Crippen LogP contribution in [0, 0.1) is 0 Å². The topological polar surface area (TPSA) is 82.2 Å². The minimum absolute atomic E-state index is 0.0522. The largest absolute Gasteiger partial charge is 0.477 e. The van der Waals surface area contributed by atoms with Gasteiger partial charge in [-0.05, 0) is 18.1 Å². The van der Waals surface area contributed by atoms with Crippen LogP contribution >= 0.6 is 0 Å². The maximum absolute atomic E-state index is 10.8. The van der Waals surface area contributed by atoms with Crippen molar-refractivity contribution in [3.63, 3.8) is 0 Å². The zero-order valence-corrected chi connectivity index (χ0v) is 8.33. The Morgan fingerprint density at radius 1 is 1.53 bits per heavy atom. The smallest absolute Gasteiger partial charge is 0.352 e. The molecular formula is C10H12N2O3. The number of aromatic nitrogens is 1. The fraction of sp³-hybridized carbons (Fsp3) is 0.400. The van der Waals surface area contributed by atoms with E-state index in [1.807, 2.05) is 0 Å². The standard InChI is InChI=1S/C10H12N2O3/c1-5(13)11-7-2-6-3-9(10(14)15)12-8(6)4-7/h3,7,12H,2,4H2,1H3,(H,11,13)(H,14,15)/t7-/m1/s1. The number of H-pyrrole nitrogens is 1. The average Bonchev–Trinajstić information content (AvgIpc) is 2.58. The molecule has 0 spiro atoms. The van der Waals surface area contributed by atoms with Crippen molar-refractivity contribution in [3.05, 3.63) is 23.0 Å². The van der Waals surface area contributed by atoms with Crippen molar-refractivity contribution in [3.8, 4) is 0 Å². The molecule has 1 aromatic heterocycles. The van der Waals surface area contributed by atoms with Crippen LogP contribution in [-0.2, 0) is 17.6 Å². The van der Waals surface area contributed by atoms with Gasteiger partial charge in [0.2, 0.25) is 5.91 Å². The number of aromatic amines is 1. The van der Waals surface area contributed by atoms with Gasteiger partial charge in [0.25, 0.3) is 0 Å². The monoisotopic (exact) mass is 208 g/mol. The van der Waals surface area contributed by atoms with E-state index in [1.165, 1.54) is 6.92 Å². The van der Waals surface area contributed by atoms with Crippen LogP contribution in [0.25, 0.3) is 0 Å². The number of hydrogen-bond donors (Lipinski definition) is 3. The summed E-state index contributed by atoms with van der Waals surface area (Å²) in [4.78, 5) is 24.3. The number of amides is 1. The maximum atomic E-state index is 10.8. The minimum atomic E-state index is -0.944. The number of carbonyl (C=O) groups is 2. The molecule has 1 aliphatic carbocycles. The summed E-state index contributed by atoms with van der Waals surface area (Å²) in [6, 6.07) is 1.74. The Balaban J connectivity index is 2.10. The quantitative estimate of drug-likeness (QED) is 0.654. The molecule has 5 heteroatoms. The highest BCUT2D eigenvalue weighted by atomic mass is 16.4. The van der Waals surface area contributed by atoms with Gasteiger partial charge in [-0.1, -0.05) is 0 Å². The number of carbonyl (C=O) groups excluding carboxylic acids is 1. The molecule has 5 nitrogen and oxygen atoms in total. The summed E-state index contributed by atoms with van der Waals surface area (Å²) in [7, 11) is 0. The Kier molecular flexibility index (Phi) is 2.22. The predicted molar refractivity (Wildman–Crippen MR) is 52.8 cm³/mol. The second-order valence-corrected chi connectivity index (χ2v) is 3.80. The summed E-state index contributed by atoms with van der Waals surface area (Å²) in [5, 5.41) is 11.6. The molecule has 15 heavy (non-hydrogen) atoms. The molecule has 0 saturated carbocycles. The second-order valence-electron chi connectivity index (χ2n) is 3.80. The minimum Gasteiger partial charge on any atom is -0.477 e. The molecule has 1 heterocycles. The van der Waals surface area contributed by atoms with Gasteiger partial charge in [-0.2, -0.15) is 0 Å². The van der Waals surface area contributed by atoms with Crippen LogP contribution < -0.4 is 5.32 Å². The first kappa shape index (κ1) is 9.76. The van der Waals surface area contributed by atoms with E-state index in [2.05, 4.69) is 10.3 Å². The number of rotatable bonds is 2. The third-order valence-electron chi connectivity index (χ3n) is 2.55. The predicted octanol–water partition coefficient (Wildman–Crippen LogP) is 0.316. The van der Waals surface area contributed by atoms with E-state index in [0.717, 1.165) is 11.3 Å². The molecule has 0 radical (unpaired) electrons. The number of aromatic carboxylic acids is 1. The molecule has 0 fully saturated rings. The number of fused-ring (bicyclic) bond motifs is 1. The first-order valence-electron chi connectivity index (χ1n) is 4.77. The molecule has 2 rings (SSSR count). The summed E-state index contributed by atoms with van der Waals surface area (Å²) in [6.07, 6.45) is 1.39. The van der Waals surface area contributed by atoms with Gasteiger partial charge < -0.3 is 15.4 Å². The lowest BCUT2D eigenvalue weighted by atomic mass is 10.2. The lowest BCUT2D eigenvalue weighted by Crippen LogP contribution is -2.33. The molecule has 1 aliphatic rings. The lowest BCUT2D eigenvalue weighted by Gasteiger charge is -2.09. The maximum Gasteiger partial charge on any atom is 0.352 e. The van der Waals surface area contributed by atoms with Gasteiger partial charge in [0.1, 0.15) is 5.69 Å². The van der Waals surface area contributed by atoms with E-state index >= 15 is 0 Å². The molecule has 0 saturated heterocycles. The van der Waals surface area contributed by atoms with Crippen molar-refractivity contribution in [2.75, 3.05) is 0 Å². The highest BCUT2D eigenvalue weighted by molar-refractivity contribution is 5.86. The zero-order chi connectivity index (χ0) is 11.0. The zero-order valence-electron chi connectivity index (χ0n) is 8.33. The number of hydrogen-bond acceptors (Lipinski definition) is 2. The Hall–Kier alpha value is -1.78. The van der Waals surface area contributed by atoms with Crippen LogP contribution in [0.1, 0.15) is 28.7 Å². The molecular weight excluding hydrogens is 196 g/mol. The van der Waals surface area contributed by atoms with Gasteiger partial charge in [-0.15, -0.1) is 0 Å². The Morgan fingerprint density at radius 3 is 2.80 bits per heavy atom. The SMILES string of the molecule is CC(=O)N[C@@H]1Cc2cc(C(=O)O)[nH]c2C1. The molecule has 0 unspecified atom stereocenters. The number of carboxylic acid groups (broad SMARTS) is 1.